The van der Waals surface area contributed by atoms with Gasteiger partial charge in [0.1, 0.15) is 18.2 Å². The van der Waals surface area contributed by atoms with Crippen molar-refractivity contribution in [2.75, 3.05) is 12.8 Å². The Morgan fingerprint density at radius 3 is 2.81 bits per heavy atom. The Hall–Kier alpha value is -3.13. The molecule has 3 aromatic rings. The number of halogens is 1. The van der Waals surface area contributed by atoms with Gasteiger partial charge in [0.2, 0.25) is 5.91 Å². The van der Waals surface area contributed by atoms with Gasteiger partial charge in [0, 0.05) is 25.7 Å². The number of hydrogen-bond acceptors (Lipinski definition) is 5. The summed E-state index contributed by atoms with van der Waals surface area (Å²) in [5, 5.41) is 9.04. The highest BCUT2D eigenvalue weighted by Crippen LogP contribution is 2.20. The Kier molecular flexibility index (Phi) is 7.83. The van der Waals surface area contributed by atoms with Crippen LogP contribution >= 0.6 is 11.8 Å². The molecule has 1 aromatic heterocycles. The minimum absolute atomic E-state index is 0.126. The van der Waals surface area contributed by atoms with Gasteiger partial charge in [-0.1, -0.05) is 48.2 Å². The monoisotopic (exact) mass is 440 g/mol. The molecule has 8 heteroatoms. The maximum atomic E-state index is 13.8. The maximum absolute atomic E-state index is 13.8. The van der Waals surface area contributed by atoms with Gasteiger partial charge in [-0.05, 0) is 30.7 Å². The number of nitrogens with zero attached hydrogens (tertiary/aromatic N) is 4. The molecule has 0 unspecified atom stereocenters. The van der Waals surface area contributed by atoms with Gasteiger partial charge in [-0.25, -0.2) is 4.39 Å². The number of ether oxygens (including phenoxy) is 1. The first kappa shape index (κ1) is 22.6. The lowest BCUT2D eigenvalue weighted by atomic mass is 10.2. The number of aryl methyl sites for hydroxylation is 1. The second kappa shape index (κ2) is 10.8. The van der Waals surface area contributed by atoms with Crippen LogP contribution in [0.1, 0.15) is 17.0 Å². The minimum atomic E-state index is -0.321. The zero-order chi connectivity index (χ0) is 22.2. The fourth-order valence-electron chi connectivity index (χ4n) is 2.90. The third-order valence-corrected chi connectivity index (χ3v) is 5.53. The first-order valence-electron chi connectivity index (χ1n) is 9.80. The molecule has 0 N–H and O–H groups in total. The van der Waals surface area contributed by atoms with E-state index in [1.54, 1.807) is 31.3 Å². The van der Waals surface area contributed by atoms with Crippen LogP contribution in [0.25, 0.3) is 0 Å². The first-order valence-corrected chi connectivity index (χ1v) is 10.8. The van der Waals surface area contributed by atoms with Gasteiger partial charge >= 0.3 is 0 Å². The van der Waals surface area contributed by atoms with Crippen molar-refractivity contribution in [1.29, 1.82) is 0 Å². The van der Waals surface area contributed by atoms with Crippen LogP contribution in [0.5, 0.6) is 5.75 Å². The molecule has 0 aliphatic carbocycles. The summed E-state index contributed by atoms with van der Waals surface area (Å²) in [6.45, 7) is 6.76. The van der Waals surface area contributed by atoms with Crippen LogP contribution in [-0.2, 0) is 24.5 Å². The van der Waals surface area contributed by atoms with Crippen molar-refractivity contribution >= 4 is 17.7 Å². The fourth-order valence-corrected chi connectivity index (χ4v) is 3.81. The molecular weight excluding hydrogens is 415 g/mol. The molecule has 0 saturated heterocycles. The number of benzene rings is 2. The van der Waals surface area contributed by atoms with Gasteiger partial charge in [-0.3, -0.25) is 9.36 Å². The molecule has 0 aliphatic rings. The molecule has 1 amide bonds. The molecule has 31 heavy (non-hydrogen) atoms. The molecule has 0 bridgehead atoms. The van der Waals surface area contributed by atoms with Crippen molar-refractivity contribution in [2.45, 2.75) is 31.8 Å². The molecule has 3 rings (SSSR count). The summed E-state index contributed by atoms with van der Waals surface area (Å²) >= 11 is 1.28. The fraction of sp³-hybridized carbons (Fsp3) is 0.261. The number of hydrogen-bond donors (Lipinski definition) is 0. The van der Waals surface area contributed by atoms with Crippen molar-refractivity contribution in [2.24, 2.45) is 0 Å². The summed E-state index contributed by atoms with van der Waals surface area (Å²) in [7, 11) is 1.66. The van der Waals surface area contributed by atoms with E-state index in [2.05, 4.69) is 16.8 Å². The topological polar surface area (TPSA) is 60.2 Å². The number of rotatable bonds is 10. The van der Waals surface area contributed by atoms with Crippen molar-refractivity contribution in [1.82, 2.24) is 19.7 Å². The average molecular weight is 441 g/mol. The highest BCUT2D eigenvalue weighted by molar-refractivity contribution is 7.99. The van der Waals surface area contributed by atoms with E-state index in [1.807, 2.05) is 35.8 Å². The van der Waals surface area contributed by atoms with E-state index in [4.69, 9.17) is 4.74 Å². The lowest BCUT2D eigenvalue weighted by molar-refractivity contribution is -0.127. The lowest BCUT2D eigenvalue weighted by Gasteiger charge is -2.17. The molecular formula is C23H25FN4O2S. The second-order valence-electron chi connectivity index (χ2n) is 7.03. The van der Waals surface area contributed by atoms with Crippen molar-refractivity contribution in [3.05, 3.63) is 84.0 Å². The molecule has 0 radical (unpaired) electrons. The van der Waals surface area contributed by atoms with E-state index >= 15 is 0 Å². The summed E-state index contributed by atoms with van der Waals surface area (Å²) in [6.07, 6.45) is 1.75. The Morgan fingerprint density at radius 2 is 2.06 bits per heavy atom. The van der Waals surface area contributed by atoms with Crippen LogP contribution < -0.4 is 4.74 Å². The Bertz CT molecular complexity index is 1050. The second-order valence-corrected chi connectivity index (χ2v) is 7.98. The number of carbonyl (C=O) groups excluding carboxylic acids is 1. The zero-order valence-corrected chi connectivity index (χ0v) is 18.4. The molecule has 0 saturated carbocycles. The van der Waals surface area contributed by atoms with Crippen LogP contribution in [0.2, 0.25) is 0 Å². The molecule has 1 heterocycles. The van der Waals surface area contributed by atoms with Gasteiger partial charge in [0.25, 0.3) is 0 Å². The number of carbonyl (C=O) groups is 1. The standard InChI is InChI=1S/C23H25FN4O2S/c1-4-12-28-21(15-30-19-10-7-8-17(2)13-19)25-26-23(28)31-16-22(29)27(3)14-18-9-5-6-11-20(18)24/h4-11,13H,1,12,14-16H2,2-3H3. The highest BCUT2D eigenvalue weighted by Gasteiger charge is 2.17. The minimum Gasteiger partial charge on any atom is -0.486 e. The van der Waals surface area contributed by atoms with Crippen molar-refractivity contribution < 1.29 is 13.9 Å². The van der Waals surface area contributed by atoms with Gasteiger partial charge in [-0.15, -0.1) is 16.8 Å². The smallest absolute Gasteiger partial charge is 0.233 e. The van der Waals surface area contributed by atoms with Crippen LogP contribution in [0.15, 0.2) is 66.3 Å². The van der Waals surface area contributed by atoms with Gasteiger partial charge in [0.05, 0.1) is 5.75 Å². The molecule has 0 fully saturated rings. The summed E-state index contributed by atoms with van der Waals surface area (Å²) < 4.78 is 21.5. The summed E-state index contributed by atoms with van der Waals surface area (Å²) in [4.78, 5) is 14.0. The SMILES string of the molecule is C=CCn1c(COc2cccc(C)c2)nnc1SCC(=O)N(C)Cc1ccccc1F. The number of thioether (sulfide) groups is 1. The maximum Gasteiger partial charge on any atom is 0.233 e. The number of amides is 1. The van der Waals surface area contributed by atoms with E-state index < -0.39 is 0 Å². The molecule has 2 aromatic carbocycles. The molecule has 0 aliphatic heterocycles. The van der Waals surface area contributed by atoms with Gasteiger partial charge in [0.15, 0.2) is 11.0 Å². The van der Waals surface area contributed by atoms with Crippen LogP contribution in [-0.4, -0.2) is 38.4 Å². The zero-order valence-electron chi connectivity index (χ0n) is 17.6. The van der Waals surface area contributed by atoms with Gasteiger partial charge < -0.3 is 9.64 Å². The number of allylic oxidation sites excluding steroid dienone is 1. The van der Waals surface area contributed by atoms with Crippen molar-refractivity contribution in [3.8, 4) is 5.75 Å². The van der Waals surface area contributed by atoms with Crippen molar-refractivity contribution in [3.63, 3.8) is 0 Å². The molecule has 6 nitrogen and oxygen atoms in total. The molecule has 162 valence electrons. The summed E-state index contributed by atoms with van der Waals surface area (Å²) in [5.74, 6) is 1.13. The quantitative estimate of drug-likeness (QED) is 0.349. The largest absolute Gasteiger partial charge is 0.486 e. The number of aromatic nitrogens is 3. The highest BCUT2D eigenvalue weighted by atomic mass is 32.2. The first-order chi connectivity index (χ1) is 15.0. The summed E-state index contributed by atoms with van der Waals surface area (Å²) in [5.41, 5.74) is 1.59. The van der Waals surface area contributed by atoms with E-state index in [0.717, 1.165) is 11.3 Å². The summed E-state index contributed by atoms with van der Waals surface area (Å²) in [6, 6.07) is 14.2. The lowest BCUT2D eigenvalue weighted by Crippen LogP contribution is -2.28. The van der Waals surface area contributed by atoms with E-state index in [1.165, 1.54) is 22.7 Å². The van der Waals surface area contributed by atoms with E-state index in [0.29, 0.717) is 23.1 Å². The van der Waals surface area contributed by atoms with Crippen LogP contribution in [0.4, 0.5) is 4.39 Å². The Labute approximate surface area is 185 Å². The predicted octanol–water partition coefficient (Wildman–Crippen LogP) is 4.24. The predicted molar refractivity (Wildman–Crippen MR) is 119 cm³/mol. The van der Waals surface area contributed by atoms with Crippen LogP contribution in [0.3, 0.4) is 0 Å². The van der Waals surface area contributed by atoms with Gasteiger partial charge in [-0.2, -0.15) is 0 Å². The third-order valence-electron chi connectivity index (χ3n) is 4.58. The van der Waals surface area contributed by atoms with E-state index in [-0.39, 0.29) is 30.6 Å². The van der Waals surface area contributed by atoms with Crippen LogP contribution in [0, 0.1) is 12.7 Å². The Balaban J connectivity index is 1.61. The average Bonchev–Trinajstić information content (AvgIpc) is 3.14. The molecule has 0 spiro atoms. The molecule has 0 atom stereocenters. The van der Waals surface area contributed by atoms with E-state index in [9.17, 15) is 9.18 Å². The third kappa shape index (κ3) is 6.18. The Morgan fingerprint density at radius 1 is 1.26 bits per heavy atom. The normalized spacial score (nSPS) is 10.7.